The molecule has 2 atom stereocenters. The molecule has 1 saturated heterocycles. The number of alkyl halides is 1. The molecule has 36 heavy (non-hydrogen) atoms. The van der Waals surface area contributed by atoms with Gasteiger partial charge in [0, 0.05) is 30.0 Å². The molecule has 9 heteroatoms. The number of halogens is 2. The van der Waals surface area contributed by atoms with Crippen LogP contribution < -0.4 is 0 Å². The Bertz CT molecular complexity index is 1270. The van der Waals surface area contributed by atoms with E-state index in [4.69, 9.17) is 13.9 Å². The monoisotopic (exact) mass is 502 g/mol. The molecule has 4 rings (SSSR count). The lowest BCUT2D eigenvalue weighted by molar-refractivity contribution is 0.0135. The van der Waals surface area contributed by atoms with Crippen molar-refractivity contribution >= 4 is 23.1 Å². The molecule has 0 bridgehead atoms. The predicted octanol–water partition coefficient (Wildman–Crippen LogP) is 6.89. The first-order valence-electron chi connectivity index (χ1n) is 12.0. The summed E-state index contributed by atoms with van der Waals surface area (Å²) in [6.07, 6.45) is 0.405. The molecule has 1 fully saturated rings. The van der Waals surface area contributed by atoms with Crippen LogP contribution in [0.2, 0.25) is 0 Å². The minimum Gasteiger partial charge on any atom is -0.472 e. The van der Waals surface area contributed by atoms with Crippen LogP contribution in [0.5, 0.6) is 0 Å². The Morgan fingerprint density at radius 3 is 2.31 bits per heavy atom. The number of hydrogen-bond donors (Lipinski definition) is 0. The fraction of sp³-hybridized carbons (Fsp3) is 0.481. The number of rotatable bonds is 2. The van der Waals surface area contributed by atoms with Crippen LogP contribution in [-0.2, 0) is 9.47 Å². The van der Waals surface area contributed by atoms with Gasteiger partial charge in [-0.15, -0.1) is 0 Å². The molecule has 1 amide bonds. The summed E-state index contributed by atoms with van der Waals surface area (Å²) in [5, 5.41) is 0.497. The summed E-state index contributed by atoms with van der Waals surface area (Å²) in [4.78, 5) is 27.7. The lowest BCUT2D eigenvalue weighted by atomic mass is 9.86. The number of fused-ring (bicyclic) bond motifs is 1. The second-order valence-corrected chi connectivity index (χ2v) is 11.1. The largest absolute Gasteiger partial charge is 0.472 e. The van der Waals surface area contributed by atoms with Crippen molar-refractivity contribution < 1.29 is 32.3 Å². The fourth-order valence-corrected chi connectivity index (χ4v) is 4.53. The van der Waals surface area contributed by atoms with Crippen molar-refractivity contribution in [3.63, 3.8) is 0 Å². The third-order valence-electron chi connectivity index (χ3n) is 5.89. The van der Waals surface area contributed by atoms with E-state index in [-0.39, 0.29) is 25.0 Å². The number of piperidine rings is 1. The maximum absolute atomic E-state index is 15.6. The highest BCUT2D eigenvalue weighted by atomic mass is 19.1. The van der Waals surface area contributed by atoms with Crippen LogP contribution in [0.25, 0.3) is 22.2 Å². The van der Waals surface area contributed by atoms with Crippen molar-refractivity contribution in [2.24, 2.45) is 0 Å². The van der Waals surface area contributed by atoms with Gasteiger partial charge < -0.3 is 18.8 Å². The Morgan fingerprint density at radius 2 is 1.69 bits per heavy atom. The molecule has 2 aromatic heterocycles. The number of ether oxygens (including phenoxy) is 2. The van der Waals surface area contributed by atoms with Gasteiger partial charge in [-0.25, -0.2) is 22.9 Å². The fourth-order valence-electron chi connectivity index (χ4n) is 4.53. The van der Waals surface area contributed by atoms with Crippen molar-refractivity contribution in [1.82, 2.24) is 9.47 Å². The average molecular weight is 503 g/mol. The van der Waals surface area contributed by atoms with Gasteiger partial charge >= 0.3 is 12.2 Å². The summed E-state index contributed by atoms with van der Waals surface area (Å²) < 4.78 is 47.8. The first-order valence-corrected chi connectivity index (χ1v) is 12.0. The third kappa shape index (κ3) is 5.24. The summed E-state index contributed by atoms with van der Waals surface area (Å²) in [5.74, 6) is -1.35. The quantitative estimate of drug-likeness (QED) is 0.382. The minimum absolute atomic E-state index is 0.0335. The van der Waals surface area contributed by atoms with Crippen LogP contribution in [0.15, 0.2) is 41.2 Å². The molecule has 0 saturated carbocycles. The van der Waals surface area contributed by atoms with Crippen molar-refractivity contribution in [2.45, 2.75) is 71.3 Å². The number of likely N-dealkylation sites (tertiary alicyclic amines) is 1. The molecular formula is C27H32F2N2O5. The highest BCUT2D eigenvalue weighted by molar-refractivity contribution is 6.00. The Kier molecular flexibility index (Phi) is 6.62. The van der Waals surface area contributed by atoms with Crippen molar-refractivity contribution in [2.75, 3.05) is 13.1 Å². The van der Waals surface area contributed by atoms with Crippen molar-refractivity contribution in [3.05, 3.63) is 48.2 Å². The van der Waals surface area contributed by atoms with Gasteiger partial charge in [0.05, 0.1) is 23.7 Å². The zero-order valence-corrected chi connectivity index (χ0v) is 21.4. The number of carbonyl (C=O) groups is 2. The molecular weight excluding hydrogens is 470 g/mol. The predicted molar refractivity (Wildman–Crippen MR) is 131 cm³/mol. The number of benzene rings is 1. The van der Waals surface area contributed by atoms with Crippen molar-refractivity contribution in [1.29, 1.82) is 0 Å². The van der Waals surface area contributed by atoms with E-state index in [1.54, 1.807) is 47.6 Å². The molecule has 3 heterocycles. The summed E-state index contributed by atoms with van der Waals surface area (Å²) in [6.45, 7) is 10.7. The van der Waals surface area contributed by atoms with Crippen LogP contribution in [0.1, 0.15) is 59.4 Å². The number of amides is 1. The Balaban J connectivity index is 1.91. The van der Waals surface area contributed by atoms with E-state index >= 15 is 4.39 Å². The number of aromatic nitrogens is 1. The molecule has 0 radical (unpaired) electrons. The molecule has 0 spiro atoms. The molecule has 194 valence electrons. The van der Waals surface area contributed by atoms with E-state index in [0.29, 0.717) is 22.2 Å². The summed E-state index contributed by atoms with van der Waals surface area (Å²) in [5.41, 5.74) is 0.0580. The summed E-state index contributed by atoms with van der Waals surface area (Å²) in [6, 6.07) is 5.68. The summed E-state index contributed by atoms with van der Waals surface area (Å²) >= 11 is 0. The molecule has 1 aliphatic heterocycles. The van der Waals surface area contributed by atoms with Gasteiger partial charge in [-0.1, -0.05) is 0 Å². The normalized spacial score (nSPS) is 18.9. The summed E-state index contributed by atoms with van der Waals surface area (Å²) in [7, 11) is 0. The lowest BCUT2D eigenvalue weighted by Gasteiger charge is -2.36. The zero-order valence-electron chi connectivity index (χ0n) is 21.4. The molecule has 0 N–H and O–H groups in total. The zero-order chi connectivity index (χ0) is 26.4. The smallest absolute Gasteiger partial charge is 0.419 e. The van der Waals surface area contributed by atoms with Gasteiger partial charge in [0.2, 0.25) is 0 Å². The second kappa shape index (κ2) is 9.26. The first-order chi connectivity index (χ1) is 16.7. The Hall–Kier alpha value is -3.36. The number of hydrogen-bond acceptors (Lipinski definition) is 5. The maximum atomic E-state index is 15.6. The Morgan fingerprint density at radius 1 is 1.03 bits per heavy atom. The van der Waals surface area contributed by atoms with Crippen LogP contribution in [0.3, 0.4) is 0 Å². The lowest BCUT2D eigenvalue weighted by Crippen LogP contribution is -2.45. The van der Waals surface area contributed by atoms with Gasteiger partial charge in [0.25, 0.3) is 0 Å². The third-order valence-corrected chi connectivity index (χ3v) is 5.89. The SMILES string of the molecule is CC(C)(C)OC(=O)N1CC[C@@H](F)[C@H](c2c(-c3ccoc3)n(C(=O)OC(C)(C)C)c3cc(F)ccc23)C1. The topological polar surface area (TPSA) is 73.9 Å². The van der Waals surface area contributed by atoms with Gasteiger partial charge in [-0.05, 0) is 77.8 Å². The Labute approximate surface area is 208 Å². The van der Waals surface area contributed by atoms with Crippen LogP contribution in [-0.4, -0.2) is 52.1 Å². The van der Waals surface area contributed by atoms with Gasteiger partial charge in [-0.3, -0.25) is 0 Å². The van der Waals surface area contributed by atoms with E-state index < -0.39 is 41.3 Å². The molecule has 7 nitrogen and oxygen atoms in total. The molecule has 1 aromatic carbocycles. The molecule has 3 aromatic rings. The van der Waals surface area contributed by atoms with E-state index in [2.05, 4.69) is 0 Å². The molecule has 0 aliphatic carbocycles. The van der Waals surface area contributed by atoms with Gasteiger partial charge in [0.1, 0.15) is 23.2 Å². The average Bonchev–Trinajstić information content (AvgIpc) is 3.37. The van der Waals surface area contributed by atoms with Crippen LogP contribution in [0, 0.1) is 5.82 Å². The highest BCUT2D eigenvalue weighted by Crippen LogP contribution is 2.43. The maximum Gasteiger partial charge on any atom is 0.419 e. The van der Waals surface area contributed by atoms with E-state index in [0.717, 1.165) is 0 Å². The van der Waals surface area contributed by atoms with E-state index in [1.165, 1.54) is 40.2 Å². The highest BCUT2D eigenvalue weighted by Gasteiger charge is 2.39. The van der Waals surface area contributed by atoms with Crippen LogP contribution in [0.4, 0.5) is 18.4 Å². The molecule has 1 aliphatic rings. The number of furan rings is 1. The van der Waals surface area contributed by atoms with E-state index in [1.807, 2.05) is 0 Å². The molecule has 0 unspecified atom stereocenters. The second-order valence-electron chi connectivity index (χ2n) is 11.1. The minimum atomic E-state index is -1.31. The number of nitrogens with zero attached hydrogens (tertiary/aromatic N) is 2. The van der Waals surface area contributed by atoms with Gasteiger partial charge in [0.15, 0.2) is 0 Å². The first kappa shape index (κ1) is 25.7. The van der Waals surface area contributed by atoms with Gasteiger partial charge in [-0.2, -0.15) is 0 Å². The van der Waals surface area contributed by atoms with Crippen molar-refractivity contribution in [3.8, 4) is 11.3 Å². The van der Waals surface area contributed by atoms with Crippen LogP contribution >= 0.6 is 0 Å². The standard InChI is InChI=1S/C27H32F2N2O5/c1-26(2,3)35-24(32)30-11-9-20(29)19(14-30)22-18-8-7-17(28)13-21(18)31(25(33)36-27(4,5)6)23(22)16-10-12-34-15-16/h7-8,10,12-13,15,19-20H,9,11,14H2,1-6H3/t19-,20-/m1/s1. The van der Waals surface area contributed by atoms with E-state index in [9.17, 15) is 14.0 Å². The number of carbonyl (C=O) groups excluding carboxylic acids is 2.